The molecule has 0 aliphatic heterocycles. The first-order valence-electron chi connectivity index (χ1n) is 4.44. The molecule has 1 atom stereocenters. The largest absolute Gasteiger partial charge is 0.392 e. The molecular weight excluding hydrogens is 169 g/mol. The van der Waals surface area contributed by atoms with E-state index in [2.05, 4.69) is 4.98 Å². The first-order valence-corrected chi connectivity index (χ1v) is 4.44. The van der Waals surface area contributed by atoms with Crippen LogP contribution in [0.3, 0.4) is 0 Å². The van der Waals surface area contributed by atoms with Gasteiger partial charge in [0.1, 0.15) is 5.82 Å². The Morgan fingerprint density at radius 3 is 2.69 bits per heavy atom. The lowest BCUT2D eigenvalue weighted by molar-refractivity contribution is 0.150. The predicted molar refractivity (Wildman–Crippen MR) is 46.8 cm³/mol. The number of aliphatic hydroxyl groups is 1. The van der Waals surface area contributed by atoms with E-state index in [-0.39, 0.29) is 11.2 Å². The Kier molecular flexibility index (Phi) is 1.84. The first-order chi connectivity index (χ1) is 6.15. The average Bonchev–Trinajstić information content (AvgIpc) is 2.83. The lowest BCUT2D eigenvalue weighted by atomic mass is 9.92. The van der Waals surface area contributed by atoms with E-state index >= 15 is 0 Å². The van der Waals surface area contributed by atoms with Crippen LogP contribution in [0.5, 0.6) is 0 Å². The van der Waals surface area contributed by atoms with Gasteiger partial charge in [0.05, 0.1) is 12.3 Å². The molecule has 2 nitrogen and oxygen atoms in total. The zero-order valence-electron chi connectivity index (χ0n) is 7.50. The zero-order valence-corrected chi connectivity index (χ0v) is 7.50. The lowest BCUT2D eigenvalue weighted by Gasteiger charge is -2.18. The first kappa shape index (κ1) is 8.63. The van der Waals surface area contributed by atoms with Gasteiger partial charge in [0.15, 0.2) is 0 Å². The Labute approximate surface area is 76.4 Å². The van der Waals surface area contributed by atoms with Crippen molar-refractivity contribution < 1.29 is 9.50 Å². The molecule has 13 heavy (non-hydrogen) atoms. The number of pyridine rings is 1. The summed E-state index contributed by atoms with van der Waals surface area (Å²) in [6.45, 7) is 1.75. The van der Waals surface area contributed by atoms with Crippen LogP contribution in [-0.4, -0.2) is 16.2 Å². The van der Waals surface area contributed by atoms with Gasteiger partial charge in [-0.2, -0.15) is 0 Å². The van der Waals surface area contributed by atoms with Gasteiger partial charge in [0.25, 0.3) is 0 Å². The van der Waals surface area contributed by atoms with Gasteiger partial charge in [-0.25, -0.2) is 4.39 Å². The maximum atomic E-state index is 12.8. The Morgan fingerprint density at radius 2 is 2.23 bits per heavy atom. The fourth-order valence-corrected chi connectivity index (χ4v) is 1.77. The number of nitrogens with zero attached hydrogens (tertiary/aromatic N) is 1. The smallest absolute Gasteiger partial charge is 0.141 e. The molecule has 1 heterocycles. The number of halogens is 1. The van der Waals surface area contributed by atoms with E-state index in [9.17, 15) is 9.50 Å². The van der Waals surface area contributed by atoms with Gasteiger partial charge in [-0.1, -0.05) is 0 Å². The van der Waals surface area contributed by atoms with Gasteiger partial charge in [-0.3, -0.25) is 4.98 Å². The monoisotopic (exact) mass is 181 g/mol. The molecule has 0 amide bonds. The van der Waals surface area contributed by atoms with Gasteiger partial charge in [-0.15, -0.1) is 0 Å². The van der Waals surface area contributed by atoms with Crippen LogP contribution in [-0.2, 0) is 5.41 Å². The van der Waals surface area contributed by atoms with Crippen molar-refractivity contribution in [1.29, 1.82) is 0 Å². The van der Waals surface area contributed by atoms with Crippen molar-refractivity contribution in [1.82, 2.24) is 4.98 Å². The molecule has 1 fully saturated rings. The fourth-order valence-electron chi connectivity index (χ4n) is 1.77. The molecule has 0 spiro atoms. The van der Waals surface area contributed by atoms with Crippen LogP contribution in [0, 0.1) is 5.82 Å². The zero-order chi connectivity index (χ0) is 9.47. The van der Waals surface area contributed by atoms with Gasteiger partial charge >= 0.3 is 0 Å². The highest BCUT2D eigenvalue weighted by Gasteiger charge is 2.48. The summed E-state index contributed by atoms with van der Waals surface area (Å²) in [7, 11) is 0. The number of aliphatic hydroxyl groups excluding tert-OH is 1. The second-order valence-corrected chi connectivity index (χ2v) is 3.72. The van der Waals surface area contributed by atoms with Gasteiger partial charge in [0, 0.05) is 11.6 Å². The molecule has 1 aromatic rings. The Hall–Kier alpha value is -0.960. The van der Waals surface area contributed by atoms with E-state index in [4.69, 9.17) is 0 Å². The van der Waals surface area contributed by atoms with Crippen molar-refractivity contribution in [2.24, 2.45) is 0 Å². The Balaban J connectivity index is 2.35. The van der Waals surface area contributed by atoms with E-state index in [1.54, 1.807) is 13.1 Å². The highest BCUT2D eigenvalue weighted by atomic mass is 19.1. The van der Waals surface area contributed by atoms with Crippen molar-refractivity contribution in [3.63, 3.8) is 0 Å². The molecule has 0 bridgehead atoms. The SMILES string of the molecule is CC(O)C1(c2cncc(F)c2)CC1. The summed E-state index contributed by atoms with van der Waals surface area (Å²) >= 11 is 0. The third-order valence-electron chi connectivity index (χ3n) is 2.87. The highest BCUT2D eigenvalue weighted by molar-refractivity contribution is 5.30. The van der Waals surface area contributed by atoms with Gasteiger partial charge in [-0.05, 0) is 31.4 Å². The van der Waals surface area contributed by atoms with Crippen LogP contribution >= 0.6 is 0 Å². The topological polar surface area (TPSA) is 33.1 Å². The van der Waals surface area contributed by atoms with E-state index in [1.165, 1.54) is 12.3 Å². The van der Waals surface area contributed by atoms with Crippen LogP contribution in [0.25, 0.3) is 0 Å². The van der Waals surface area contributed by atoms with E-state index in [1.807, 2.05) is 0 Å². The van der Waals surface area contributed by atoms with Crippen molar-refractivity contribution >= 4 is 0 Å². The van der Waals surface area contributed by atoms with Crippen LogP contribution < -0.4 is 0 Å². The molecule has 1 aromatic heterocycles. The second-order valence-electron chi connectivity index (χ2n) is 3.72. The minimum atomic E-state index is -0.420. The van der Waals surface area contributed by atoms with Gasteiger partial charge < -0.3 is 5.11 Å². The van der Waals surface area contributed by atoms with E-state index in [0.29, 0.717) is 0 Å². The number of aromatic nitrogens is 1. The summed E-state index contributed by atoms with van der Waals surface area (Å²) < 4.78 is 12.8. The summed E-state index contributed by atoms with van der Waals surface area (Å²) in [5.41, 5.74) is 0.609. The minimum absolute atomic E-state index is 0.213. The van der Waals surface area contributed by atoms with E-state index in [0.717, 1.165) is 18.4 Å². The summed E-state index contributed by atoms with van der Waals surface area (Å²) in [5.74, 6) is -0.329. The maximum absolute atomic E-state index is 12.8. The van der Waals surface area contributed by atoms with Crippen LogP contribution in [0.1, 0.15) is 25.3 Å². The highest BCUT2D eigenvalue weighted by Crippen LogP contribution is 2.50. The summed E-state index contributed by atoms with van der Waals surface area (Å²) in [4.78, 5) is 3.79. The lowest BCUT2D eigenvalue weighted by Crippen LogP contribution is -2.22. The maximum Gasteiger partial charge on any atom is 0.141 e. The molecule has 1 saturated carbocycles. The summed E-state index contributed by atoms with van der Waals surface area (Å²) in [6.07, 6.45) is 4.26. The Morgan fingerprint density at radius 1 is 1.54 bits per heavy atom. The summed E-state index contributed by atoms with van der Waals surface area (Å²) in [5, 5.41) is 9.54. The Bertz CT molecular complexity index is 320. The number of hydrogen-bond donors (Lipinski definition) is 1. The van der Waals surface area contributed by atoms with Crippen molar-refractivity contribution in [2.75, 3.05) is 0 Å². The van der Waals surface area contributed by atoms with Crippen LogP contribution in [0.4, 0.5) is 4.39 Å². The molecule has 0 aromatic carbocycles. The minimum Gasteiger partial charge on any atom is -0.392 e. The molecule has 1 N–H and O–H groups in total. The van der Waals surface area contributed by atoms with E-state index < -0.39 is 6.10 Å². The van der Waals surface area contributed by atoms with Crippen LogP contribution in [0.2, 0.25) is 0 Å². The number of rotatable bonds is 2. The molecule has 1 unspecified atom stereocenters. The average molecular weight is 181 g/mol. The van der Waals surface area contributed by atoms with Crippen LogP contribution in [0.15, 0.2) is 18.5 Å². The molecule has 2 rings (SSSR count). The molecule has 70 valence electrons. The quantitative estimate of drug-likeness (QED) is 0.752. The molecule has 0 saturated heterocycles. The molecule has 1 aliphatic carbocycles. The predicted octanol–water partition coefficient (Wildman–Crippen LogP) is 1.63. The second kappa shape index (κ2) is 2.77. The standard InChI is InChI=1S/C10H12FNO/c1-7(13)10(2-3-10)8-4-9(11)6-12-5-8/h4-7,13H,2-3H2,1H3. The summed E-state index contributed by atoms with van der Waals surface area (Å²) in [6, 6.07) is 1.46. The van der Waals surface area contributed by atoms with Gasteiger partial charge in [0.2, 0.25) is 0 Å². The normalized spacial score (nSPS) is 21.2. The molecular formula is C10H12FNO. The third kappa shape index (κ3) is 1.33. The van der Waals surface area contributed by atoms with Crippen molar-refractivity contribution in [3.8, 4) is 0 Å². The van der Waals surface area contributed by atoms with Crippen molar-refractivity contribution in [3.05, 3.63) is 29.8 Å². The fraction of sp³-hybridized carbons (Fsp3) is 0.500. The van der Waals surface area contributed by atoms with Crippen molar-refractivity contribution in [2.45, 2.75) is 31.3 Å². The third-order valence-corrected chi connectivity index (χ3v) is 2.87. The molecule has 3 heteroatoms. The molecule has 1 aliphatic rings. The number of hydrogen-bond acceptors (Lipinski definition) is 2. The molecule has 0 radical (unpaired) electrons.